The van der Waals surface area contributed by atoms with E-state index in [1.165, 1.54) is 0 Å². The van der Waals surface area contributed by atoms with Crippen molar-refractivity contribution in [2.75, 3.05) is 19.0 Å². The normalized spacial score (nSPS) is 11.5. The van der Waals surface area contributed by atoms with Gasteiger partial charge in [0.15, 0.2) is 0 Å². The van der Waals surface area contributed by atoms with Gasteiger partial charge in [0.2, 0.25) is 5.91 Å². The summed E-state index contributed by atoms with van der Waals surface area (Å²) in [4.78, 5) is 12.5. The molecule has 0 bridgehead atoms. The van der Waals surface area contributed by atoms with Crippen LogP contribution in [0.2, 0.25) is 0 Å². The molecule has 28 heavy (non-hydrogen) atoms. The van der Waals surface area contributed by atoms with Gasteiger partial charge in [-0.05, 0) is 69.2 Å². The fraction of sp³-hybridized carbons (Fsp3) is 0.261. The lowest BCUT2D eigenvalue weighted by atomic mass is 10.0. The van der Waals surface area contributed by atoms with Crippen LogP contribution in [-0.4, -0.2) is 19.6 Å². The van der Waals surface area contributed by atoms with E-state index in [2.05, 4.69) is 5.32 Å². The smallest absolute Gasteiger partial charge is 0.248 e. The van der Waals surface area contributed by atoms with Crippen molar-refractivity contribution in [2.24, 2.45) is 0 Å². The Balaban J connectivity index is 1.85. The Kier molecular flexibility index (Phi) is 5.73. The third-order valence-corrected chi connectivity index (χ3v) is 4.70. The predicted octanol–water partition coefficient (Wildman–Crippen LogP) is 5.50. The molecule has 5 nitrogen and oxygen atoms in total. The van der Waals surface area contributed by atoms with Crippen molar-refractivity contribution in [3.63, 3.8) is 0 Å². The zero-order valence-corrected chi connectivity index (χ0v) is 16.9. The van der Waals surface area contributed by atoms with E-state index in [0.717, 1.165) is 39.2 Å². The first-order valence-corrected chi connectivity index (χ1v) is 9.23. The summed E-state index contributed by atoms with van der Waals surface area (Å²) < 4.78 is 16.7. The number of aryl methyl sites for hydroxylation is 2. The standard InChI is InChI=1S/C23H25NO4/c1-6-27-18-9-7-17(8-10-18)24-23(25)11-14(2)19-12-20-15(3)16(4)28-22(20)13-21(19)26-5/h7-13H,6H2,1-5H3,(H,24,25)/b14-11+. The number of benzene rings is 2. The number of allylic oxidation sites excluding steroid dienone is 1. The molecule has 1 amide bonds. The molecule has 0 radical (unpaired) electrons. The van der Waals surface area contributed by atoms with Crippen LogP contribution in [0.4, 0.5) is 5.69 Å². The Bertz CT molecular complexity index is 1030. The number of hydrogen-bond acceptors (Lipinski definition) is 4. The highest BCUT2D eigenvalue weighted by Gasteiger charge is 2.14. The summed E-state index contributed by atoms with van der Waals surface area (Å²) in [6, 6.07) is 11.2. The molecule has 0 aliphatic heterocycles. The molecule has 0 aliphatic rings. The second kappa shape index (κ2) is 8.21. The molecule has 1 N–H and O–H groups in total. The largest absolute Gasteiger partial charge is 0.496 e. The Morgan fingerprint density at radius 1 is 1.18 bits per heavy atom. The Hall–Kier alpha value is -3.21. The quantitative estimate of drug-likeness (QED) is 0.575. The third kappa shape index (κ3) is 4.03. The van der Waals surface area contributed by atoms with Crippen LogP contribution in [0.1, 0.15) is 30.7 Å². The van der Waals surface area contributed by atoms with Crippen LogP contribution in [0, 0.1) is 13.8 Å². The number of fused-ring (bicyclic) bond motifs is 1. The summed E-state index contributed by atoms with van der Waals surface area (Å²) in [6.07, 6.45) is 1.57. The van der Waals surface area contributed by atoms with E-state index in [1.807, 2.05) is 64.1 Å². The molecule has 3 rings (SSSR count). The maximum absolute atomic E-state index is 12.5. The van der Waals surface area contributed by atoms with Crippen LogP contribution >= 0.6 is 0 Å². The minimum atomic E-state index is -0.205. The Morgan fingerprint density at radius 2 is 1.89 bits per heavy atom. The van der Waals surface area contributed by atoms with Crippen LogP contribution in [0.15, 0.2) is 46.9 Å². The van der Waals surface area contributed by atoms with Gasteiger partial charge in [0.05, 0.1) is 13.7 Å². The molecule has 0 saturated heterocycles. The van der Waals surface area contributed by atoms with Crippen molar-refractivity contribution < 1.29 is 18.7 Å². The SMILES string of the molecule is CCOc1ccc(NC(=O)/C=C(\C)c2cc3c(C)c(C)oc3cc2OC)cc1. The zero-order chi connectivity index (χ0) is 20.3. The van der Waals surface area contributed by atoms with Gasteiger partial charge in [-0.15, -0.1) is 0 Å². The highest BCUT2D eigenvalue weighted by atomic mass is 16.5. The summed E-state index contributed by atoms with van der Waals surface area (Å²) in [5, 5.41) is 3.89. The third-order valence-electron chi connectivity index (χ3n) is 4.70. The number of anilines is 1. The van der Waals surface area contributed by atoms with E-state index >= 15 is 0 Å². The van der Waals surface area contributed by atoms with E-state index < -0.39 is 0 Å². The maximum atomic E-state index is 12.5. The fourth-order valence-corrected chi connectivity index (χ4v) is 3.10. The Morgan fingerprint density at radius 3 is 2.54 bits per heavy atom. The lowest BCUT2D eigenvalue weighted by Crippen LogP contribution is -2.08. The molecule has 3 aromatic rings. The second-order valence-corrected chi connectivity index (χ2v) is 6.61. The molecule has 0 spiro atoms. The molecule has 2 aromatic carbocycles. The second-order valence-electron chi connectivity index (χ2n) is 6.61. The molecular weight excluding hydrogens is 354 g/mol. The van der Waals surface area contributed by atoms with Crippen molar-refractivity contribution in [3.8, 4) is 11.5 Å². The summed E-state index contributed by atoms with van der Waals surface area (Å²) in [5.41, 5.74) is 4.25. The maximum Gasteiger partial charge on any atom is 0.248 e. The van der Waals surface area contributed by atoms with Crippen LogP contribution in [-0.2, 0) is 4.79 Å². The molecule has 0 aliphatic carbocycles. The van der Waals surface area contributed by atoms with Crippen molar-refractivity contribution in [3.05, 3.63) is 59.4 Å². The number of ether oxygens (including phenoxy) is 2. The highest BCUT2D eigenvalue weighted by Crippen LogP contribution is 2.34. The van der Waals surface area contributed by atoms with Gasteiger partial charge in [0.25, 0.3) is 0 Å². The molecule has 0 atom stereocenters. The molecule has 0 saturated carbocycles. The average Bonchev–Trinajstić information content (AvgIpc) is 2.95. The summed E-state index contributed by atoms with van der Waals surface area (Å²) in [7, 11) is 1.61. The predicted molar refractivity (Wildman–Crippen MR) is 112 cm³/mol. The first-order valence-electron chi connectivity index (χ1n) is 9.23. The summed E-state index contributed by atoms with van der Waals surface area (Å²) >= 11 is 0. The van der Waals surface area contributed by atoms with Gasteiger partial charge < -0.3 is 19.2 Å². The molecule has 146 valence electrons. The van der Waals surface area contributed by atoms with Crippen molar-refractivity contribution >= 4 is 28.1 Å². The average molecular weight is 379 g/mol. The number of furan rings is 1. The molecule has 1 heterocycles. The van der Waals surface area contributed by atoms with Gasteiger partial charge >= 0.3 is 0 Å². The van der Waals surface area contributed by atoms with E-state index in [1.54, 1.807) is 13.2 Å². The molecular formula is C23H25NO4. The summed E-state index contributed by atoms with van der Waals surface area (Å²) in [5.74, 6) is 2.12. The number of rotatable bonds is 6. The van der Waals surface area contributed by atoms with Gasteiger partial charge in [-0.1, -0.05) is 0 Å². The van der Waals surface area contributed by atoms with Crippen LogP contribution in [0.3, 0.4) is 0 Å². The number of hydrogen-bond donors (Lipinski definition) is 1. The van der Waals surface area contributed by atoms with E-state index in [9.17, 15) is 4.79 Å². The molecule has 0 fully saturated rings. The first-order chi connectivity index (χ1) is 13.4. The number of carbonyl (C=O) groups excluding carboxylic acids is 1. The zero-order valence-electron chi connectivity index (χ0n) is 16.9. The van der Waals surface area contributed by atoms with E-state index in [0.29, 0.717) is 18.0 Å². The number of methoxy groups -OCH3 is 1. The van der Waals surface area contributed by atoms with Crippen LogP contribution in [0.5, 0.6) is 11.5 Å². The van der Waals surface area contributed by atoms with E-state index in [-0.39, 0.29) is 5.91 Å². The van der Waals surface area contributed by atoms with Crippen LogP contribution in [0.25, 0.3) is 16.5 Å². The van der Waals surface area contributed by atoms with Gasteiger partial charge in [-0.2, -0.15) is 0 Å². The molecule has 5 heteroatoms. The minimum absolute atomic E-state index is 0.205. The highest BCUT2D eigenvalue weighted by molar-refractivity contribution is 6.04. The van der Waals surface area contributed by atoms with Crippen LogP contribution < -0.4 is 14.8 Å². The number of carbonyl (C=O) groups is 1. The van der Waals surface area contributed by atoms with Gasteiger partial charge in [0, 0.05) is 28.8 Å². The summed E-state index contributed by atoms with van der Waals surface area (Å²) in [6.45, 7) is 8.39. The minimum Gasteiger partial charge on any atom is -0.496 e. The van der Waals surface area contributed by atoms with Crippen molar-refractivity contribution in [1.82, 2.24) is 0 Å². The monoisotopic (exact) mass is 379 g/mol. The van der Waals surface area contributed by atoms with Gasteiger partial charge in [-0.3, -0.25) is 4.79 Å². The van der Waals surface area contributed by atoms with Crippen molar-refractivity contribution in [1.29, 1.82) is 0 Å². The number of nitrogens with one attached hydrogen (secondary N) is 1. The lowest BCUT2D eigenvalue weighted by Gasteiger charge is -2.10. The van der Waals surface area contributed by atoms with Crippen molar-refractivity contribution in [2.45, 2.75) is 27.7 Å². The molecule has 0 unspecified atom stereocenters. The Labute approximate surface area is 164 Å². The molecule has 1 aromatic heterocycles. The van der Waals surface area contributed by atoms with Gasteiger partial charge in [-0.25, -0.2) is 0 Å². The topological polar surface area (TPSA) is 60.7 Å². The van der Waals surface area contributed by atoms with E-state index in [4.69, 9.17) is 13.9 Å². The van der Waals surface area contributed by atoms with Gasteiger partial charge in [0.1, 0.15) is 22.8 Å². The first kappa shape index (κ1) is 19.5. The lowest BCUT2D eigenvalue weighted by molar-refractivity contribution is -0.111. The number of amides is 1. The fourth-order valence-electron chi connectivity index (χ4n) is 3.10.